The lowest BCUT2D eigenvalue weighted by Crippen LogP contribution is -2.11. The molecule has 2 aromatic carbocycles. The maximum Gasteiger partial charge on any atom is 0.202 e. The van der Waals surface area contributed by atoms with Crippen LogP contribution in [0.2, 0.25) is 0 Å². The maximum atomic E-state index is 13.5. The first-order chi connectivity index (χ1) is 10.7. The van der Waals surface area contributed by atoms with Crippen LogP contribution >= 0.6 is 0 Å². The minimum Gasteiger partial charge on any atom is -0.482 e. The van der Waals surface area contributed by atoms with Gasteiger partial charge in [0.05, 0.1) is 0 Å². The van der Waals surface area contributed by atoms with Crippen LogP contribution < -0.4 is 4.74 Å². The summed E-state index contributed by atoms with van der Waals surface area (Å²) in [5, 5.41) is 0.876. The van der Waals surface area contributed by atoms with Gasteiger partial charge in [-0.15, -0.1) is 0 Å². The smallest absolute Gasteiger partial charge is 0.202 e. The fourth-order valence-corrected chi connectivity index (χ4v) is 2.53. The molecule has 0 unspecified atom stereocenters. The summed E-state index contributed by atoms with van der Waals surface area (Å²) in [5.74, 6) is -0.560. The second-order valence-electron chi connectivity index (χ2n) is 5.04. The monoisotopic (exact) mass is 297 g/mol. The number of aryl methyl sites for hydroxylation is 1. The third-order valence-corrected chi connectivity index (χ3v) is 3.68. The molecule has 0 aliphatic rings. The Bertz CT molecular complexity index is 823. The number of ether oxygens (including phenoxy) is 1. The molecule has 0 amide bonds. The van der Waals surface area contributed by atoms with Gasteiger partial charge in [-0.25, -0.2) is 4.39 Å². The average Bonchev–Trinajstić information content (AvgIpc) is 2.98. The number of aromatic amines is 1. The van der Waals surface area contributed by atoms with E-state index in [-0.39, 0.29) is 18.1 Å². The molecule has 0 saturated heterocycles. The molecule has 0 atom stereocenters. The molecule has 1 aromatic heterocycles. The maximum absolute atomic E-state index is 13.5. The van der Waals surface area contributed by atoms with Crippen molar-refractivity contribution in [3.05, 3.63) is 65.6 Å². The molecule has 0 saturated carbocycles. The van der Waals surface area contributed by atoms with E-state index in [0.29, 0.717) is 5.56 Å². The Morgan fingerprint density at radius 1 is 1.18 bits per heavy atom. The number of hydrogen-bond donors (Lipinski definition) is 1. The number of Topliss-reactive ketones (excluding diaryl/α,β-unsaturated/α-hetero) is 1. The SMILES string of the molecule is CCc1cccc2c(C(=O)COc3ccccc3F)c[nH]c12. The molecule has 1 heterocycles. The molecule has 0 radical (unpaired) electrons. The van der Waals surface area contributed by atoms with Crippen LogP contribution in [0.15, 0.2) is 48.7 Å². The highest BCUT2D eigenvalue weighted by Gasteiger charge is 2.14. The lowest BCUT2D eigenvalue weighted by Gasteiger charge is -2.06. The molecule has 0 aliphatic heterocycles. The molecule has 4 heteroatoms. The van der Waals surface area contributed by atoms with Gasteiger partial charge in [0.15, 0.2) is 18.2 Å². The molecular formula is C18H16FNO2. The third kappa shape index (κ3) is 2.60. The highest BCUT2D eigenvalue weighted by Crippen LogP contribution is 2.23. The zero-order valence-electron chi connectivity index (χ0n) is 12.2. The van der Waals surface area contributed by atoms with E-state index in [0.717, 1.165) is 22.9 Å². The number of ketones is 1. The Kier molecular flexibility index (Phi) is 3.92. The summed E-state index contributed by atoms with van der Waals surface area (Å²) in [5.41, 5.74) is 2.70. The molecule has 112 valence electrons. The molecule has 3 rings (SSSR count). The molecule has 0 aliphatic carbocycles. The first-order valence-corrected chi connectivity index (χ1v) is 7.20. The van der Waals surface area contributed by atoms with Crippen LogP contribution in [0.5, 0.6) is 5.75 Å². The topological polar surface area (TPSA) is 42.1 Å². The van der Waals surface area contributed by atoms with Crippen molar-refractivity contribution >= 4 is 16.7 Å². The summed E-state index contributed by atoms with van der Waals surface area (Å²) >= 11 is 0. The number of fused-ring (bicyclic) bond motifs is 1. The van der Waals surface area contributed by atoms with Crippen molar-refractivity contribution in [1.29, 1.82) is 0 Å². The van der Waals surface area contributed by atoms with Crippen LogP contribution in [0.4, 0.5) is 4.39 Å². The van der Waals surface area contributed by atoms with E-state index >= 15 is 0 Å². The first-order valence-electron chi connectivity index (χ1n) is 7.20. The predicted octanol–water partition coefficient (Wildman–Crippen LogP) is 4.13. The number of para-hydroxylation sites is 2. The lowest BCUT2D eigenvalue weighted by molar-refractivity contribution is 0.0920. The Balaban J connectivity index is 1.83. The largest absolute Gasteiger partial charge is 0.482 e. The van der Waals surface area contributed by atoms with Gasteiger partial charge in [-0.1, -0.05) is 37.3 Å². The Labute approximate surface area is 127 Å². The van der Waals surface area contributed by atoms with Crippen LogP contribution in [-0.2, 0) is 6.42 Å². The molecule has 3 aromatic rings. The van der Waals surface area contributed by atoms with E-state index in [4.69, 9.17) is 4.74 Å². The van der Waals surface area contributed by atoms with Gasteiger partial charge in [-0.2, -0.15) is 0 Å². The van der Waals surface area contributed by atoms with E-state index in [1.807, 2.05) is 18.2 Å². The third-order valence-electron chi connectivity index (χ3n) is 3.68. The van der Waals surface area contributed by atoms with E-state index in [2.05, 4.69) is 11.9 Å². The Morgan fingerprint density at radius 3 is 2.77 bits per heavy atom. The molecular weight excluding hydrogens is 281 g/mol. The summed E-state index contributed by atoms with van der Waals surface area (Å²) in [4.78, 5) is 15.5. The Hall–Kier alpha value is -2.62. The second-order valence-corrected chi connectivity index (χ2v) is 5.04. The fourth-order valence-electron chi connectivity index (χ4n) is 2.53. The van der Waals surface area contributed by atoms with E-state index in [1.54, 1.807) is 18.3 Å². The standard InChI is InChI=1S/C18H16FNO2/c1-2-12-6-5-7-13-14(10-20-18(12)13)16(21)11-22-17-9-4-3-8-15(17)19/h3-10,20H,2,11H2,1H3. The summed E-state index contributed by atoms with van der Waals surface area (Å²) in [6.07, 6.45) is 2.58. The first kappa shape index (κ1) is 14.3. The number of carbonyl (C=O) groups is 1. The zero-order valence-corrected chi connectivity index (χ0v) is 12.2. The summed E-state index contributed by atoms with van der Waals surface area (Å²) in [6, 6.07) is 11.9. The highest BCUT2D eigenvalue weighted by molar-refractivity contribution is 6.09. The van der Waals surface area contributed by atoms with Crippen molar-refractivity contribution in [1.82, 2.24) is 4.98 Å². The highest BCUT2D eigenvalue weighted by atomic mass is 19.1. The van der Waals surface area contributed by atoms with Gasteiger partial charge >= 0.3 is 0 Å². The fraction of sp³-hybridized carbons (Fsp3) is 0.167. The van der Waals surface area contributed by atoms with Gasteiger partial charge in [-0.05, 0) is 24.1 Å². The quantitative estimate of drug-likeness (QED) is 0.719. The molecule has 0 bridgehead atoms. The lowest BCUT2D eigenvalue weighted by atomic mass is 10.1. The van der Waals surface area contributed by atoms with Crippen LogP contribution in [0.3, 0.4) is 0 Å². The number of carbonyl (C=O) groups excluding carboxylic acids is 1. The van der Waals surface area contributed by atoms with Crippen molar-refractivity contribution in [3.63, 3.8) is 0 Å². The van der Waals surface area contributed by atoms with Crippen LogP contribution in [0.25, 0.3) is 10.9 Å². The van der Waals surface area contributed by atoms with Crippen LogP contribution in [0.1, 0.15) is 22.8 Å². The number of rotatable bonds is 5. The van der Waals surface area contributed by atoms with Gasteiger partial charge in [-0.3, -0.25) is 4.79 Å². The molecule has 1 N–H and O–H groups in total. The van der Waals surface area contributed by atoms with Gasteiger partial charge in [0, 0.05) is 22.7 Å². The van der Waals surface area contributed by atoms with Crippen molar-refractivity contribution < 1.29 is 13.9 Å². The number of benzene rings is 2. The Morgan fingerprint density at radius 2 is 2.00 bits per heavy atom. The van der Waals surface area contributed by atoms with Crippen molar-refractivity contribution in [2.75, 3.05) is 6.61 Å². The van der Waals surface area contributed by atoms with E-state index < -0.39 is 5.82 Å². The number of hydrogen-bond acceptors (Lipinski definition) is 2. The summed E-state index contributed by atoms with van der Waals surface area (Å²) in [7, 11) is 0. The van der Waals surface area contributed by atoms with E-state index in [9.17, 15) is 9.18 Å². The molecule has 3 nitrogen and oxygen atoms in total. The minimum atomic E-state index is -0.470. The number of H-pyrrole nitrogens is 1. The normalized spacial score (nSPS) is 10.8. The predicted molar refractivity (Wildman–Crippen MR) is 83.9 cm³/mol. The van der Waals surface area contributed by atoms with Gasteiger partial charge in [0.1, 0.15) is 0 Å². The van der Waals surface area contributed by atoms with Gasteiger partial charge < -0.3 is 9.72 Å². The summed E-state index contributed by atoms with van der Waals surface area (Å²) in [6.45, 7) is 1.88. The van der Waals surface area contributed by atoms with Crippen molar-refractivity contribution in [2.45, 2.75) is 13.3 Å². The molecule has 0 fully saturated rings. The van der Waals surface area contributed by atoms with Gasteiger partial charge in [0.2, 0.25) is 5.78 Å². The molecule has 0 spiro atoms. The van der Waals surface area contributed by atoms with Crippen molar-refractivity contribution in [3.8, 4) is 5.75 Å². The van der Waals surface area contributed by atoms with E-state index in [1.165, 1.54) is 12.1 Å². The number of nitrogens with one attached hydrogen (secondary N) is 1. The van der Waals surface area contributed by atoms with Gasteiger partial charge in [0.25, 0.3) is 0 Å². The number of aromatic nitrogens is 1. The average molecular weight is 297 g/mol. The summed E-state index contributed by atoms with van der Waals surface area (Å²) < 4.78 is 18.8. The van der Waals surface area contributed by atoms with Crippen molar-refractivity contribution in [2.24, 2.45) is 0 Å². The number of halogens is 1. The molecule has 22 heavy (non-hydrogen) atoms. The second kappa shape index (κ2) is 6.02. The van der Waals surface area contributed by atoms with Crippen LogP contribution in [0, 0.1) is 5.82 Å². The van der Waals surface area contributed by atoms with Crippen LogP contribution in [-0.4, -0.2) is 17.4 Å². The zero-order chi connectivity index (χ0) is 15.5. The minimum absolute atomic E-state index is 0.0879.